The quantitative estimate of drug-likeness (QED) is 0.0195. The van der Waals surface area contributed by atoms with Crippen molar-refractivity contribution in [1.29, 1.82) is 0 Å². The van der Waals surface area contributed by atoms with Crippen LogP contribution in [-0.2, 0) is 23.8 Å². The lowest BCUT2D eigenvalue weighted by atomic mass is 9.99. The first-order valence-corrected chi connectivity index (χ1v) is 37.8. The molecule has 0 radical (unpaired) electrons. The third-order valence-electron chi connectivity index (χ3n) is 18.0. The van der Waals surface area contributed by atoms with Crippen LogP contribution in [-0.4, -0.2) is 100 Å². The summed E-state index contributed by atoms with van der Waals surface area (Å²) in [5, 5.41) is 54.4. The molecule has 0 saturated carbocycles. The van der Waals surface area contributed by atoms with Crippen molar-refractivity contribution in [3.63, 3.8) is 0 Å². The van der Waals surface area contributed by atoms with Crippen molar-refractivity contribution in [1.82, 2.24) is 5.32 Å². The number of aliphatic hydroxyl groups is 5. The van der Waals surface area contributed by atoms with Crippen LogP contribution < -0.4 is 5.32 Å². The predicted octanol–water partition coefficient (Wildman–Crippen LogP) is 19.7. The highest BCUT2D eigenvalue weighted by Crippen LogP contribution is 2.24. The van der Waals surface area contributed by atoms with Crippen LogP contribution in [0.3, 0.4) is 0 Å². The van der Waals surface area contributed by atoms with Crippen molar-refractivity contribution in [2.24, 2.45) is 0 Å². The molecule has 6 N–H and O–H groups in total. The summed E-state index contributed by atoms with van der Waals surface area (Å²) in [6, 6.07) is -0.830. The molecular formula is C76H143NO10. The van der Waals surface area contributed by atoms with E-state index in [1.54, 1.807) is 6.08 Å². The summed E-state index contributed by atoms with van der Waals surface area (Å²) in [4.78, 5) is 25.1. The van der Waals surface area contributed by atoms with Crippen LogP contribution in [0.15, 0.2) is 36.5 Å². The molecule has 0 bridgehead atoms. The van der Waals surface area contributed by atoms with Gasteiger partial charge in [-0.3, -0.25) is 9.59 Å². The van der Waals surface area contributed by atoms with E-state index in [1.807, 2.05) is 6.08 Å². The Hall–Kier alpha value is -2.12. The van der Waals surface area contributed by atoms with E-state index in [1.165, 1.54) is 283 Å². The van der Waals surface area contributed by atoms with E-state index in [0.717, 1.165) is 64.2 Å². The number of amides is 1. The lowest BCUT2D eigenvalue weighted by molar-refractivity contribution is -0.302. The van der Waals surface area contributed by atoms with Crippen molar-refractivity contribution in [2.75, 3.05) is 19.8 Å². The van der Waals surface area contributed by atoms with E-state index in [0.29, 0.717) is 19.4 Å². The number of unbranched alkanes of at least 4 members (excludes halogenated alkanes) is 49. The number of esters is 1. The van der Waals surface area contributed by atoms with E-state index in [9.17, 15) is 35.1 Å². The zero-order valence-electron chi connectivity index (χ0n) is 57.0. The van der Waals surface area contributed by atoms with Gasteiger partial charge >= 0.3 is 5.97 Å². The van der Waals surface area contributed by atoms with Crippen LogP contribution >= 0.6 is 0 Å². The number of hydrogen-bond donors (Lipinski definition) is 6. The van der Waals surface area contributed by atoms with Gasteiger partial charge in [0.05, 0.1) is 32.0 Å². The standard InChI is InChI=1S/C76H143NO10/c1-3-5-7-9-11-13-15-42-46-50-54-58-62-69(79)68(67-86-76-75(84)74(83)73(82)70(66-78)87-76)77-71(80)63-59-55-51-47-43-40-38-36-34-32-30-28-26-24-22-20-18-17-19-21-23-25-27-29-31-33-35-37-39-41-45-49-53-57-61-65-85-72(81)64-60-56-52-48-44-16-14-12-10-8-6-4-2/h9,11,42,46,58,62,68-70,73-76,78-79,82-84H,3-8,10,12-41,43-45,47-57,59-61,63-67H2,1-2H3,(H,77,80)/b11-9+,46-42+,62-58+. The number of nitrogens with one attached hydrogen (secondary N) is 1. The topological polar surface area (TPSA) is 175 Å². The highest BCUT2D eigenvalue weighted by Gasteiger charge is 2.44. The number of ether oxygens (including phenoxy) is 3. The Kier molecular flexibility index (Phi) is 62.3. The summed E-state index contributed by atoms with van der Waals surface area (Å²) < 4.78 is 16.7. The average molecular weight is 1230 g/mol. The second-order valence-corrected chi connectivity index (χ2v) is 26.3. The molecule has 0 spiro atoms. The molecule has 1 amide bonds. The summed E-state index contributed by atoms with van der Waals surface area (Å²) in [7, 11) is 0. The Morgan fingerprint density at radius 1 is 0.414 bits per heavy atom. The number of aliphatic hydroxyl groups excluding tert-OH is 5. The number of carbonyl (C=O) groups excluding carboxylic acids is 2. The van der Waals surface area contributed by atoms with Crippen LogP contribution in [0.25, 0.3) is 0 Å². The minimum Gasteiger partial charge on any atom is -0.466 e. The number of rotatable bonds is 67. The largest absolute Gasteiger partial charge is 0.466 e. The van der Waals surface area contributed by atoms with Gasteiger partial charge in [0.15, 0.2) is 6.29 Å². The maximum atomic E-state index is 13.1. The van der Waals surface area contributed by atoms with Gasteiger partial charge in [-0.25, -0.2) is 0 Å². The molecule has 1 aliphatic heterocycles. The Labute approximate surface area is 536 Å². The van der Waals surface area contributed by atoms with Crippen molar-refractivity contribution in [2.45, 2.75) is 416 Å². The smallest absolute Gasteiger partial charge is 0.305 e. The minimum atomic E-state index is -1.58. The fourth-order valence-electron chi connectivity index (χ4n) is 12.0. The molecular weight excluding hydrogens is 1090 g/mol. The lowest BCUT2D eigenvalue weighted by Crippen LogP contribution is -2.60. The van der Waals surface area contributed by atoms with Gasteiger partial charge in [0.25, 0.3) is 0 Å². The van der Waals surface area contributed by atoms with Gasteiger partial charge in [-0.2, -0.15) is 0 Å². The summed E-state index contributed by atoms with van der Waals surface area (Å²) in [6.07, 6.45) is 74.6. The van der Waals surface area contributed by atoms with E-state index in [-0.39, 0.29) is 18.5 Å². The van der Waals surface area contributed by atoms with Crippen LogP contribution in [0.4, 0.5) is 0 Å². The zero-order valence-corrected chi connectivity index (χ0v) is 57.0. The summed E-state index contributed by atoms with van der Waals surface area (Å²) in [5.41, 5.74) is 0. The monoisotopic (exact) mass is 1230 g/mol. The third-order valence-corrected chi connectivity index (χ3v) is 18.0. The molecule has 1 saturated heterocycles. The predicted molar refractivity (Wildman–Crippen MR) is 366 cm³/mol. The van der Waals surface area contributed by atoms with E-state index >= 15 is 0 Å². The van der Waals surface area contributed by atoms with Crippen molar-refractivity contribution in [3.8, 4) is 0 Å². The molecule has 0 aliphatic carbocycles. The molecule has 512 valence electrons. The van der Waals surface area contributed by atoms with Gasteiger partial charge in [0, 0.05) is 12.8 Å². The van der Waals surface area contributed by atoms with Crippen LogP contribution in [0.5, 0.6) is 0 Å². The fourth-order valence-corrected chi connectivity index (χ4v) is 12.0. The Morgan fingerprint density at radius 3 is 1.13 bits per heavy atom. The average Bonchev–Trinajstić information content (AvgIpc) is 1.87. The van der Waals surface area contributed by atoms with Crippen LogP contribution in [0, 0.1) is 0 Å². The molecule has 1 aliphatic rings. The van der Waals surface area contributed by atoms with Crippen LogP contribution in [0.1, 0.15) is 373 Å². The molecule has 0 aromatic carbocycles. The summed E-state index contributed by atoms with van der Waals surface area (Å²) in [6.45, 7) is 4.32. The second-order valence-electron chi connectivity index (χ2n) is 26.3. The first-order valence-electron chi connectivity index (χ1n) is 37.8. The molecule has 11 heteroatoms. The highest BCUT2D eigenvalue weighted by atomic mass is 16.7. The van der Waals surface area contributed by atoms with Crippen LogP contribution in [0.2, 0.25) is 0 Å². The Bertz CT molecular complexity index is 1540. The lowest BCUT2D eigenvalue weighted by Gasteiger charge is -2.40. The first-order chi connectivity index (χ1) is 42.7. The molecule has 0 aromatic heterocycles. The zero-order chi connectivity index (χ0) is 63.0. The molecule has 1 rings (SSSR count). The minimum absolute atomic E-state index is 0.0167. The maximum Gasteiger partial charge on any atom is 0.305 e. The Morgan fingerprint density at radius 2 is 0.747 bits per heavy atom. The molecule has 87 heavy (non-hydrogen) atoms. The number of carbonyl (C=O) groups is 2. The van der Waals surface area contributed by atoms with Gasteiger partial charge < -0.3 is 45.1 Å². The normalized spacial score (nSPS) is 18.0. The summed E-state index contributed by atoms with van der Waals surface area (Å²) >= 11 is 0. The molecule has 7 unspecified atom stereocenters. The molecule has 11 nitrogen and oxygen atoms in total. The van der Waals surface area contributed by atoms with Gasteiger partial charge in [0.1, 0.15) is 24.4 Å². The summed E-state index contributed by atoms with van der Waals surface area (Å²) in [5.74, 6) is -0.174. The maximum absolute atomic E-state index is 13.1. The second kappa shape index (κ2) is 65.4. The van der Waals surface area contributed by atoms with Gasteiger partial charge in [0.2, 0.25) is 5.91 Å². The molecule has 1 heterocycles. The van der Waals surface area contributed by atoms with Crippen molar-refractivity contribution >= 4 is 11.9 Å². The number of hydrogen-bond acceptors (Lipinski definition) is 10. The molecule has 0 aromatic rings. The van der Waals surface area contributed by atoms with E-state index < -0.39 is 49.5 Å². The first kappa shape index (κ1) is 82.9. The van der Waals surface area contributed by atoms with Crippen molar-refractivity contribution < 1.29 is 49.3 Å². The SMILES string of the molecule is CCCC/C=C/CC/C=C/CC/C=C/C(O)C(COC1OC(CO)C(O)C(O)C1O)NC(=O)CCCCCCCCCCCCCCCCCCCCCCCCCCCCCCCCCCCCCOC(=O)CCCCCCCCCCCCCC. The molecule has 1 fully saturated rings. The van der Waals surface area contributed by atoms with Crippen molar-refractivity contribution in [3.05, 3.63) is 36.5 Å². The van der Waals surface area contributed by atoms with E-state index in [4.69, 9.17) is 14.2 Å². The van der Waals surface area contributed by atoms with Gasteiger partial charge in [-0.05, 0) is 51.4 Å². The van der Waals surface area contributed by atoms with E-state index in [2.05, 4.69) is 43.5 Å². The fraction of sp³-hybridized carbons (Fsp3) is 0.895. The van der Waals surface area contributed by atoms with Gasteiger partial charge in [-0.15, -0.1) is 0 Å². The number of allylic oxidation sites excluding steroid dienone is 5. The third kappa shape index (κ3) is 54.2. The van der Waals surface area contributed by atoms with Gasteiger partial charge in [-0.1, -0.05) is 346 Å². The highest BCUT2D eigenvalue weighted by molar-refractivity contribution is 5.76. The Balaban J connectivity index is 1.90. The molecule has 7 atom stereocenters.